The van der Waals surface area contributed by atoms with Crippen LogP contribution in [0.15, 0.2) is 18.2 Å². The van der Waals surface area contributed by atoms with Gasteiger partial charge in [0.2, 0.25) is 5.91 Å². The minimum Gasteiger partial charge on any atom is -0.465 e. The molecule has 0 aliphatic heterocycles. The molecular formula is C14H20ClN3O5S. The third-order valence-electron chi connectivity index (χ3n) is 3.14. The molecule has 0 bridgehead atoms. The van der Waals surface area contributed by atoms with Crippen LogP contribution in [0.3, 0.4) is 0 Å². The molecule has 0 unspecified atom stereocenters. The zero-order valence-electron chi connectivity index (χ0n) is 13.9. The normalized spacial score (nSPS) is 11.4. The van der Waals surface area contributed by atoms with Gasteiger partial charge in [0.1, 0.15) is 0 Å². The number of nitrogens with zero attached hydrogens (tertiary/aromatic N) is 2. The third-order valence-corrected chi connectivity index (χ3v) is 4.99. The summed E-state index contributed by atoms with van der Waals surface area (Å²) in [5, 5.41) is 0.258. The number of methoxy groups -OCH3 is 1. The van der Waals surface area contributed by atoms with Gasteiger partial charge in [-0.15, -0.1) is 0 Å². The highest BCUT2D eigenvalue weighted by atomic mass is 35.5. The SMILES string of the molecule is COC(=O)c1ccc(Cl)c(N(CCNS(=O)(=O)N(C)C)C(C)=O)c1. The van der Waals surface area contributed by atoms with Crippen LogP contribution < -0.4 is 9.62 Å². The first-order valence-corrected chi connectivity index (χ1v) is 8.75. The number of ether oxygens (including phenoxy) is 1. The molecule has 10 heteroatoms. The van der Waals surface area contributed by atoms with Crippen molar-refractivity contribution >= 4 is 39.4 Å². The maximum atomic E-state index is 11.9. The van der Waals surface area contributed by atoms with Gasteiger partial charge in [-0.1, -0.05) is 11.6 Å². The lowest BCUT2D eigenvalue weighted by Gasteiger charge is -2.23. The van der Waals surface area contributed by atoms with E-state index in [9.17, 15) is 18.0 Å². The highest BCUT2D eigenvalue weighted by Crippen LogP contribution is 2.27. The van der Waals surface area contributed by atoms with Crippen LogP contribution in [0.2, 0.25) is 5.02 Å². The first-order chi connectivity index (χ1) is 11.1. The second kappa shape index (κ2) is 8.43. The van der Waals surface area contributed by atoms with E-state index >= 15 is 0 Å². The summed E-state index contributed by atoms with van der Waals surface area (Å²) >= 11 is 6.11. The highest BCUT2D eigenvalue weighted by molar-refractivity contribution is 7.87. The van der Waals surface area contributed by atoms with Gasteiger partial charge in [0.25, 0.3) is 10.2 Å². The van der Waals surface area contributed by atoms with E-state index in [1.165, 1.54) is 51.2 Å². The van der Waals surface area contributed by atoms with Crippen molar-refractivity contribution in [3.63, 3.8) is 0 Å². The summed E-state index contributed by atoms with van der Waals surface area (Å²) < 4.78 is 31.4. The number of benzene rings is 1. The Morgan fingerprint density at radius 1 is 1.29 bits per heavy atom. The molecule has 1 aromatic rings. The van der Waals surface area contributed by atoms with Crippen molar-refractivity contribution in [2.45, 2.75) is 6.92 Å². The number of halogens is 1. The van der Waals surface area contributed by atoms with Crippen LogP contribution in [0.5, 0.6) is 0 Å². The van der Waals surface area contributed by atoms with Crippen LogP contribution >= 0.6 is 11.6 Å². The Kier molecular flexibility index (Phi) is 7.15. The smallest absolute Gasteiger partial charge is 0.337 e. The van der Waals surface area contributed by atoms with Gasteiger partial charge in [0, 0.05) is 34.1 Å². The monoisotopic (exact) mass is 377 g/mol. The maximum absolute atomic E-state index is 11.9. The van der Waals surface area contributed by atoms with Crippen LogP contribution in [-0.4, -0.2) is 58.9 Å². The molecular weight excluding hydrogens is 358 g/mol. The van der Waals surface area contributed by atoms with Crippen molar-refractivity contribution in [3.05, 3.63) is 28.8 Å². The molecule has 1 amide bonds. The Bertz CT molecular complexity index is 721. The van der Waals surface area contributed by atoms with Crippen molar-refractivity contribution in [1.82, 2.24) is 9.03 Å². The van der Waals surface area contributed by atoms with Crippen LogP contribution in [-0.2, 0) is 19.7 Å². The predicted octanol–water partition coefficient (Wildman–Crippen LogP) is 0.875. The third kappa shape index (κ3) is 5.17. The van der Waals surface area contributed by atoms with Crippen LogP contribution in [0.4, 0.5) is 5.69 Å². The molecule has 0 atom stereocenters. The Balaban J connectivity index is 3.01. The second-order valence-corrected chi connectivity index (χ2v) is 7.39. The van der Waals surface area contributed by atoms with Crippen molar-refractivity contribution in [2.75, 3.05) is 39.2 Å². The molecule has 0 aliphatic carbocycles. The summed E-state index contributed by atoms with van der Waals surface area (Å²) in [4.78, 5) is 24.8. The Labute approximate surface area is 146 Å². The average molecular weight is 378 g/mol. The molecule has 24 heavy (non-hydrogen) atoms. The quantitative estimate of drug-likeness (QED) is 0.711. The highest BCUT2D eigenvalue weighted by Gasteiger charge is 2.19. The summed E-state index contributed by atoms with van der Waals surface area (Å²) in [7, 11) is 0.428. The van der Waals surface area contributed by atoms with E-state index in [4.69, 9.17) is 11.6 Å². The van der Waals surface area contributed by atoms with Gasteiger partial charge in [-0.05, 0) is 18.2 Å². The largest absolute Gasteiger partial charge is 0.465 e. The standard InChI is InChI=1S/C14H20ClN3O5S/c1-10(19)18(8-7-16-24(21,22)17(2)3)13-9-11(14(20)23-4)5-6-12(13)15/h5-6,9,16H,7-8H2,1-4H3. The summed E-state index contributed by atoms with van der Waals surface area (Å²) in [6.07, 6.45) is 0. The number of rotatable bonds is 7. The Hall–Kier alpha value is -1.68. The number of nitrogens with one attached hydrogen (secondary N) is 1. The van der Waals surface area contributed by atoms with E-state index in [0.717, 1.165) is 4.31 Å². The zero-order valence-corrected chi connectivity index (χ0v) is 15.4. The number of amides is 1. The number of carbonyl (C=O) groups is 2. The number of hydrogen-bond donors (Lipinski definition) is 1. The molecule has 1 N–H and O–H groups in total. The van der Waals surface area contributed by atoms with Crippen LogP contribution in [0.25, 0.3) is 0 Å². The van der Waals surface area contributed by atoms with E-state index < -0.39 is 16.2 Å². The fourth-order valence-corrected chi connectivity index (χ4v) is 2.65. The molecule has 0 fully saturated rings. The van der Waals surface area contributed by atoms with E-state index in [-0.39, 0.29) is 29.6 Å². The molecule has 1 rings (SSSR count). The number of esters is 1. The fraction of sp³-hybridized carbons (Fsp3) is 0.429. The van der Waals surface area contributed by atoms with E-state index in [2.05, 4.69) is 9.46 Å². The van der Waals surface area contributed by atoms with Gasteiger partial charge in [0.05, 0.1) is 23.4 Å². The first kappa shape index (κ1) is 20.4. The van der Waals surface area contributed by atoms with Crippen molar-refractivity contribution in [3.8, 4) is 0 Å². The minimum atomic E-state index is -3.60. The zero-order chi connectivity index (χ0) is 18.5. The van der Waals surface area contributed by atoms with E-state index in [0.29, 0.717) is 5.69 Å². The molecule has 1 aromatic carbocycles. The molecule has 0 aliphatic rings. The lowest BCUT2D eigenvalue weighted by Crippen LogP contribution is -2.41. The minimum absolute atomic E-state index is 0.0150. The predicted molar refractivity (Wildman–Crippen MR) is 91.4 cm³/mol. The second-order valence-electron chi connectivity index (χ2n) is 5.01. The lowest BCUT2D eigenvalue weighted by atomic mass is 10.2. The molecule has 134 valence electrons. The van der Waals surface area contributed by atoms with Gasteiger partial charge < -0.3 is 9.64 Å². The van der Waals surface area contributed by atoms with Crippen LogP contribution in [0, 0.1) is 0 Å². The lowest BCUT2D eigenvalue weighted by molar-refractivity contribution is -0.116. The van der Waals surface area contributed by atoms with E-state index in [1.807, 2.05) is 0 Å². The van der Waals surface area contributed by atoms with Gasteiger partial charge in [0.15, 0.2) is 0 Å². The summed E-state index contributed by atoms with van der Waals surface area (Å²) in [5.74, 6) is -0.910. The van der Waals surface area contributed by atoms with Gasteiger partial charge in [-0.25, -0.2) is 9.52 Å². The Morgan fingerprint density at radius 3 is 2.42 bits per heavy atom. The van der Waals surface area contributed by atoms with Crippen molar-refractivity contribution in [1.29, 1.82) is 0 Å². The van der Waals surface area contributed by atoms with Crippen molar-refractivity contribution < 1.29 is 22.7 Å². The molecule has 0 saturated carbocycles. The molecule has 0 spiro atoms. The Morgan fingerprint density at radius 2 is 1.92 bits per heavy atom. The van der Waals surface area contributed by atoms with E-state index in [1.54, 1.807) is 0 Å². The molecule has 8 nitrogen and oxygen atoms in total. The molecule has 0 aromatic heterocycles. The number of carbonyl (C=O) groups excluding carboxylic acids is 2. The maximum Gasteiger partial charge on any atom is 0.337 e. The van der Waals surface area contributed by atoms with Gasteiger partial charge in [-0.2, -0.15) is 12.7 Å². The fourth-order valence-electron chi connectivity index (χ4n) is 1.83. The number of hydrogen-bond acceptors (Lipinski definition) is 5. The summed E-state index contributed by atoms with van der Waals surface area (Å²) in [5.41, 5.74) is 0.535. The average Bonchev–Trinajstić information content (AvgIpc) is 2.51. The van der Waals surface area contributed by atoms with Gasteiger partial charge in [-0.3, -0.25) is 4.79 Å². The first-order valence-electron chi connectivity index (χ1n) is 6.93. The van der Waals surface area contributed by atoms with Crippen molar-refractivity contribution in [2.24, 2.45) is 0 Å². The van der Waals surface area contributed by atoms with Crippen LogP contribution in [0.1, 0.15) is 17.3 Å². The topological polar surface area (TPSA) is 96.0 Å². The molecule has 0 radical (unpaired) electrons. The summed E-state index contributed by atoms with van der Waals surface area (Å²) in [6.45, 7) is 1.35. The molecule has 0 heterocycles. The molecule has 0 saturated heterocycles. The number of anilines is 1. The summed E-state index contributed by atoms with van der Waals surface area (Å²) in [6, 6.07) is 4.38. The van der Waals surface area contributed by atoms with Gasteiger partial charge >= 0.3 is 5.97 Å².